The van der Waals surface area contributed by atoms with E-state index in [4.69, 9.17) is 16.3 Å². The first-order valence-electron chi connectivity index (χ1n) is 7.47. The molecule has 0 heterocycles. The van der Waals surface area contributed by atoms with Crippen LogP contribution in [0.15, 0.2) is 18.2 Å². The summed E-state index contributed by atoms with van der Waals surface area (Å²) >= 11 is 6.19. The molecule has 0 radical (unpaired) electrons. The Morgan fingerprint density at radius 2 is 2.20 bits per heavy atom. The highest BCUT2D eigenvalue weighted by Crippen LogP contribution is 2.33. The predicted octanol–water partition coefficient (Wildman–Crippen LogP) is 3.31. The molecule has 1 aliphatic rings. The van der Waals surface area contributed by atoms with Crippen LogP contribution in [0.2, 0.25) is 5.02 Å². The molecule has 20 heavy (non-hydrogen) atoms. The van der Waals surface area contributed by atoms with Gasteiger partial charge in [-0.25, -0.2) is 0 Å². The number of nitrogens with one attached hydrogen (secondary N) is 1. The van der Waals surface area contributed by atoms with Crippen molar-refractivity contribution in [3.05, 3.63) is 28.8 Å². The van der Waals surface area contributed by atoms with Crippen molar-refractivity contribution in [3.8, 4) is 0 Å². The molecular formula is C16H25ClN2O. The van der Waals surface area contributed by atoms with Crippen LogP contribution in [0.1, 0.15) is 25.3 Å². The maximum atomic E-state index is 6.19. The van der Waals surface area contributed by atoms with Gasteiger partial charge in [-0.15, -0.1) is 0 Å². The monoisotopic (exact) mass is 296 g/mol. The Morgan fingerprint density at radius 3 is 2.85 bits per heavy atom. The van der Waals surface area contributed by atoms with Crippen molar-refractivity contribution in [2.45, 2.75) is 26.3 Å². The molecule has 0 unspecified atom stereocenters. The molecule has 0 amide bonds. The van der Waals surface area contributed by atoms with Crippen LogP contribution in [0, 0.1) is 5.92 Å². The Morgan fingerprint density at radius 1 is 1.40 bits per heavy atom. The first-order chi connectivity index (χ1) is 9.74. The summed E-state index contributed by atoms with van der Waals surface area (Å²) in [7, 11) is 1.73. The second-order valence-electron chi connectivity index (χ2n) is 5.42. The van der Waals surface area contributed by atoms with Gasteiger partial charge in [-0.2, -0.15) is 0 Å². The largest absolute Gasteiger partial charge is 0.383 e. The Balaban J connectivity index is 2.04. The molecule has 0 spiro atoms. The van der Waals surface area contributed by atoms with E-state index in [1.54, 1.807) is 7.11 Å². The lowest BCUT2D eigenvalue weighted by atomic mass is 10.1. The second-order valence-corrected chi connectivity index (χ2v) is 5.86. The summed E-state index contributed by atoms with van der Waals surface area (Å²) in [6.45, 7) is 6.86. The van der Waals surface area contributed by atoms with E-state index in [1.807, 2.05) is 6.07 Å². The predicted molar refractivity (Wildman–Crippen MR) is 85.6 cm³/mol. The Hall–Kier alpha value is -0.770. The van der Waals surface area contributed by atoms with Crippen LogP contribution >= 0.6 is 11.6 Å². The van der Waals surface area contributed by atoms with Crippen molar-refractivity contribution in [1.82, 2.24) is 5.32 Å². The third kappa shape index (κ3) is 4.65. The average Bonchev–Trinajstić information content (AvgIpc) is 3.26. The minimum atomic E-state index is 0.739. The van der Waals surface area contributed by atoms with Gasteiger partial charge in [0.2, 0.25) is 0 Å². The standard InChI is InChI=1S/C16H25ClN2O/c1-3-19(12-13-4-5-13)16-10-15(17)7-6-14(16)11-18-8-9-20-2/h6-7,10,13,18H,3-5,8-9,11-12H2,1-2H3. The highest BCUT2D eigenvalue weighted by Gasteiger charge is 2.24. The molecule has 0 saturated heterocycles. The van der Waals surface area contributed by atoms with Crippen LogP contribution in [0.4, 0.5) is 5.69 Å². The van der Waals surface area contributed by atoms with E-state index in [-0.39, 0.29) is 0 Å². The molecule has 0 atom stereocenters. The molecule has 0 aliphatic heterocycles. The molecule has 1 N–H and O–H groups in total. The number of rotatable bonds is 9. The molecule has 0 bridgehead atoms. The van der Waals surface area contributed by atoms with E-state index >= 15 is 0 Å². The van der Waals surface area contributed by atoms with Crippen molar-refractivity contribution in [2.75, 3.05) is 38.3 Å². The van der Waals surface area contributed by atoms with Crippen molar-refractivity contribution in [3.63, 3.8) is 0 Å². The van der Waals surface area contributed by atoms with Gasteiger partial charge in [0, 0.05) is 44.0 Å². The maximum absolute atomic E-state index is 6.19. The van der Waals surface area contributed by atoms with Crippen LogP contribution in [-0.4, -0.2) is 33.4 Å². The highest BCUT2D eigenvalue weighted by molar-refractivity contribution is 6.30. The summed E-state index contributed by atoms with van der Waals surface area (Å²) < 4.78 is 5.06. The minimum absolute atomic E-state index is 0.739. The molecule has 3 nitrogen and oxygen atoms in total. The average molecular weight is 297 g/mol. The highest BCUT2D eigenvalue weighted by atomic mass is 35.5. The number of hydrogen-bond donors (Lipinski definition) is 1. The fourth-order valence-corrected chi connectivity index (χ4v) is 2.55. The zero-order valence-corrected chi connectivity index (χ0v) is 13.2. The summed E-state index contributed by atoms with van der Waals surface area (Å²) in [5.74, 6) is 0.878. The molecule has 4 heteroatoms. The van der Waals surface area contributed by atoms with E-state index in [9.17, 15) is 0 Å². The molecule has 2 rings (SSSR count). The zero-order chi connectivity index (χ0) is 14.4. The topological polar surface area (TPSA) is 24.5 Å². The summed E-state index contributed by atoms with van der Waals surface area (Å²) in [6, 6.07) is 6.21. The number of hydrogen-bond acceptors (Lipinski definition) is 3. The van der Waals surface area contributed by atoms with Crippen LogP contribution in [0.25, 0.3) is 0 Å². The third-order valence-corrected chi connectivity index (χ3v) is 3.98. The van der Waals surface area contributed by atoms with Gasteiger partial charge in [0.1, 0.15) is 0 Å². The van der Waals surface area contributed by atoms with Gasteiger partial charge >= 0.3 is 0 Å². The van der Waals surface area contributed by atoms with Crippen molar-refractivity contribution in [1.29, 1.82) is 0 Å². The van der Waals surface area contributed by atoms with E-state index in [1.165, 1.54) is 24.1 Å². The number of halogens is 1. The molecule has 1 saturated carbocycles. The quantitative estimate of drug-likeness (QED) is 0.708. The van der Waals surface area contributed by atoms with E-state index in [2.05, 4.69) is 29.3 Å². The lowest BCUT2D eigenvalue weighted by Gasteiger charge is -2.26. The SMILES string of the molecule is CCN(CC1CC1)c1cc(Cl)ccc1CNCCOC. The fraction of sp³-hybridized carbons (Fsp3) is 0.625. The van der Waals surface area contributed by atoms with Crippen molar-refractivity contribution >= 4 is 17.3 Å². The summed E-state index contributed by atoms with van der Waals surface area (Å²) in [6.07, 6.45) is 2.75. The van der Waals surface area contributed by atoms with Crippen molar-refractivity contribution in [2.24, 2.45) is 5.92 Å². The Kier molecular flexibility index (Phi) is 6.14. The molecule has 0 aromatic heterocycles. The smallest absolute Gasteiger partial charge is 0.0587 e. The first-order valence-corrected chi connectivity index (χ1v) is 7.85. The number of methoxy groups -OCH3 is 1. The normalized spacial score (nSPS) is 14.6. The van der Waals surface area contributed by atoms with Gasteiger partial charge in [-0.3, -0.25) is 0 Å². The number of anilines is 1. The van der Waals surface area contributed by atoms with E-state index in [0.717, 1.165) is 43.7 Å². The van der Waals surface area contributed by atoms with E-state index < -0.39 is 0 Å². The van der Waals surface area contributed by atoms with Gasteiger partial charge < -0.3 is 15.0 Å². The molecule has 1 aromatic carbocycles. The fourth-order valence-electron chi connectivity index (χ4n) is 2.39. The summed E-state index contributed by atoms with van der Waals surface area (Å²) in [5.41, 5.74) is 2.59. The molecular weight excluding hydrogens is 272 g/mol. The zero-order valence-electron chi connectivity index (χ0n) is 12.5. The summed E-state index contributed by atoms with van der Waals surface area (Å²) in [5, 5.41) is 4.23. The van der Waals surface area contributed by atoms with Crippen molar-refractivity contribution < 1.29 is 4.74 Å². The van der Waals surface area contributed by atoms with Crippen LogP contribution in [0.5, 0.6) is 0 Å². The van der Waals surface area contributed by atoms with Crippen LogP contribution < -0.4 is 10.2 Å². The number of nitrogens with zero attached hydrogens (tertiary/aromatic N) is 1. The van der Waals surface area contributed by atoms with Gasteiger partial charge in [0.25, 0.3) is 0 Å². The minimum Gasteiger partial charge on any atom is -0.383 e. The molecule has 1 aliphatic carbocycles. The first kappa shape index (κ1) is 15.6. The van der Waals surface area contributed by atoms with Gasteiger partial charge in [-0.05, 0) is 43.4 Å². The Bertz CT molecular complexity index is 421. The van der Waals surface area contributed by atoms with Gasteiger partial charge in [0.05, 0.1) is 6.61 Å². The lowest BCUT2D eigenvalue weighted by molar-refractivity contribution is 0.199. The summed E-state index contributed by atoms with van der Waals surface area (Å²) in [4.78, 5) is 2.46. The number of ether oxygens (including phenoxy) is 1. The van der Waals surface area contributed by atoms with Gasteiger partial charge in [-0.1, -0.05) is 17.7 Å². The Labute approximate surface area is 127 Å². The molecule has 1 aromatic rings. The second kappa shape index (κ2) is 7.87. The maximum Gasteiger partial charge on any atom is 0.0587 e. The van der Waals surface area contributed by atoms with Crippen LogP contribution in [-0.2, 0) is 11.3 Å². The lowest BCUT2D eigenvalue weighted by Crippen LogP contribution is -2.27. The molecule has 112 valence electrons. The third-order valence-electron chi connectivity index (χ3n) is 3.74. The van der Waals surface area contributed by atoms with E-state index in [0.29, 0.717) is 0 Å². The molecule has 1 fully saturated rings. The van der Waals surface area contributed by atoms with Gasteiger partial charge in [0.15, 0.2) is 0 Å². The van der Waals surface area contributed by atoms with Crippen LogP contribution in [0.3, 0.4) is 0 Å². The number of benzene rings is 1.